The number of aromatic amines is 1. The first-order chi connectivity index (χ1) is 15.3. The Kier molecular flexibility index (Phi) is 5.81. The number of hydrogen-bond acceptors (Lipinski definition) is 5. The van der Waals surface area contributed by atoms with Crippen LogP contribution in [0.15, 0.2) is 64.8 Å². The molecule has 2 aromatic heterocycles. The number of carbonyl (C=O) groups excluding carboxylic acids is 1. The van der Waals surface area contributed by atoms with Gasteiger partial charge in [-0.25, -0.2) is 14.3 Å². The van der Waals surface area contributed by atoms with E-state index in [1.807, 2.05) is 0 Å². The molecule has 0 aliphatic carbocycles. The lowest BCUT2D eigenvalue weighted by Crippen LogP contribution is -2.34. The number of carbonyl (C=O) groups is 2. The van der Waals surface area contributed by atoms with Crippen LogP contribution >= 0.6 is 22.9 Å². The molecule has 0 spiro atoms. The van der Waals surface area contributed by atoms with Crippen molar-refractivity contribution in [3.8, 4) is 11.4 Å². The maximum Gasteiger partial charge on any atom is 0.353 e. The van der Waals surface area contributed by atoms with Gasteiger partial charge in [0.15, 0.2) is 0 Å². The van der Waals surface area contributed by atoms with E-state index in [0.717, 1.165) is 0 Å². The van der Waals surface area contributed by atoms with Gasteiger partial charge in [-0.15, -0.1) is 11.3 Å². The summed E-state index contributed by atoms with van der Waals surface area (Å²) in [5.74, 6) is -1.33. The lowest BCUT2D eigenvalue weighted by atomic mass is 10.2. The van der Waals surface area contributed by atoms with E-state index < -0.39 is 17.5 Å². The van der Waals surface area contributed by atoms with Gasteiger partial charge in [-0.1, -0.05) is 36.4 Å². The molecule has 0 amide bonds. The van der Waals surface area contributed by atoms with Gasteiger partial charge < -0.3 is 9.84 Å². The second-order valence-corrected chi connectivity index (χ2v) is 8.05. The zero-order valence-electron chi connectivity index (χ0n) is 16.4. The molecule has 7 nitrogen and oxygen atoms in total. The molecule has 160 valence electrons. The van der Waals surface area contributed by atoms with Gasteiger partial charge in [0.05, 0.1) is 26.8 Å². The molecule has 4 aromatic rings. The van der Waals surface area contributed by atoms with Crippen LogP contribution in [-0.4, -0.2) is 26.8 Å². The number of nitrogens with one attached hydrogen (secondary N) is 1. The molecule has 9 heteroatoms. The van der Waals surface area contributed by atoms with Crippen molar-refractivity contribution in [2.24, 2.45) is 0 Å². The molecular formula is C23H15ClN2O5S. The average molecular weight is 467 g/mol. The quantitative estimate of drug-likeness (QED) is 0.348. The third-order valence-corrected chi connectivity index (χ3v) is 5.73. The van der Waals surface area contributed by atoms with Crippen LogP contribution in [0.5, 0.6) is 5.75 Å². The van der Waals surface area contributed by atoms with Crippen LogP contribution in [0.3, 0.4) is 0 Å². The summed E-state index contributed by atoms with van der Waals surface area (Å²) >= 11 is 7.19. The Morgan fingerprint density at radius 1 is 1.16 bits per heavy atom. The Morgan fingerprint density at radius 2 is 1.97 bits per heavy atom. The Balaban J connectivity index is 1.71. The summed E-state index contributed by atoms with van der Waals surface area (Å²) in [6.07, 6.45) is 1.61. The number of nitrogens with zero attached hydrogens (tertiary/aromatic N) is 1. The van der Waals surface area contributed by atoms with E-state index in [9.17, 15) is 19.5 Å². The van der Waals surface area contributed by atoms with Gasteiger partial charge >= 0.3 is 11.9 Å². The lowest BCUT2D eigenvalue weighted by Gasteiger charge is -2.04. The summed E-state index contributed by atoms with van der Waals surface area (Å²) in [5, 5.41) is 14.6. The van der Waals surface area contributed by atoms with Crippen LogP contribution in [0.2, 0.25) is 5.02 Å². The van der Waals surface area contributed by atoms with E-state index in [-0.39, 0.29) is 15.8 Å². The normalized spacial score (nSPS) is 11.5. The highest BCUT2D eigenvalue weighted by Gasteiger charge is 2.13. The van der Waals surface area contributed by atoms with Crippen LogP contribution in [0.25, 0.3) is 18.3 Å². The fraction of sp³-hybridized carbons (Fsp3) is 0. The average Bonchev–Trinajstić information content (AvgIpc) is 3.39. The van der Waals surface area contributed by atoms with E-state index in [0.29, 0.717) is 27.2 Å². The highest BCUT2D eigenvalue weighted by molar-refractivity contribution is 7.12. The largest absolute Gasteiger partial charge is 0.478 e. The summed E-state index contributed by atoms with van der Waals surface area (Å²) in [6.45, 7) is 3.87. The van der Waals surface area contributed by atoms with Crippen LogP contribution < -0.4 is 20.9 Å². The van der Waals surface area contributed by atoms with Crippen molar-refractivity contribution in [3.05, 3.63) is 102 Å². The minimum Gasteiger partial charge on any atom is -0.478 e. The second kappa shape index (κ2) is 8.70. The Bertz CT molecular complexity index is 1500. The maximum absolute atomic E-state index is 13.0. The minimum absolute atomic E-state index is 0.0661. The van der Waals surface area contributed by atoms with Crippen molar-refractivity contribution >= 4 is 47.5 Å². The van der Waals surface area contributed by atoms with Crippen LogP contribution in [0.4, 0.5) is 0 Å². The van der Waals surface area contributed by atoms with Crippen LogP contribution in [-0.2, 0) is 0 Å². The third-order valence-electron chi connectivity index (χ3n) is 4.55. The number of hydrogen-bond donors (Lipinski definition) is 2. The van der Waals surface area contributed by atoms with Gasteiger partial charge in [-0.2, -0.15) is 0 Å². The zero-order chi connectivity index (χ0) is 22.8. The summed E-state index contributed by atoms with van der Waals surface area (Å²) in [4.78, 5) is 37.0. The monoisotopic (exact) mass is 466 g/mol. The second-order valence-electron chi connectivity index (χ2n) is 6.70. The molecule has 0 atom stereocenters. The van der Waals surface area contributed by atoms with Gasteiger partial charge in [-0.05, 0) is 53.4 Å². The van der Waals surface area contributed by atoms with E-state index >= 15 is 0 Å². The summed E-state index contributed by atoms with van der Waals surface area (Å²) < 4.78 is 6.59. The first kappa shape index (κ1) is 21.4. The number of halogens is 1. The van der Waals surface area contributed by atoms with E-state index in [1.165, 1.54) is 34.2 Å². The maximum atomic E-state index is 13.0. The molecule has 4 rings (SSSR count). The highest BCUT2D eigenvalue weighted by Crippen LogP contribution is 2.19. The van der Waals surface area contributed by atoms with Crippen LogP contribution in [0.1, 0.15) is 25.6 Å². The van der Waals surface area contributed by atoms with Crippen molar-refractivity contribution in [1.82, 2.24) is 9.78 Å². The van der Waals surface area contributed by atoms with Crippen LogP contribution in [0, 0.1) is 0 Å². The summed E-state index contributed by atoms with van der Waals surface area (Å²) in [5.41, 5.74) is 0.383. The molecule has 0 aliphatic heterocycles. The number of thiophene rings is 1. The molecule has 0 saturated carbocycles. The Morgan fingerprint density at radius 3 is 2.69 bits per heavy atom. The number of carboxylic acids is 1. The Labute approximate surface area is 190 Å². The number of ether oxygens (including phenoxy) is 1. The lowest BCUT2D eigenvalue weighted by molar-refractivity contribution is 0.0694. The smallest absolute Gasteiger partial charge is 0.353 e. The predicted octanol–water partition coefficient (Wildman–Crippen LogP) is 3.04. The zero-order valence-corrected chi connectivity index (χ0v) is 17.9. The molecule has 0 saturated heterocycles. The number of benzene rings is 2. The van der Waals surface area contributed by atoms with Gasteiger partial charge in [0.2, 0.25) is 0 Å². The standard InChI is InChI=1S/C23H15ClN2O5S/c1-13-17(21(27)26(25-13)15-7-8-19(24)18(12-15)22(28)29)11-14-4-2-5-16(10-14)31-23(30)20-6-3-9-32-20/h2-12,25H,1H2,(H,28,29). The molecule has 0 radical (unpaired) electrons. The Hall–Kier alpha value is -3.88. The minimum atomic E-state index is -1.20. The van der Waals surface area contributed by atoms with Crippen molar-refractivity contribution < 1.29 is 19.4 Å². The van der Waals surface area contributed by atoms with E-state index in [2.05, 4.69) is 11.7 Å². The first-order valence-electron chi connectivity index (χ1n) is 9.24. The van der Waals surface area contributed by atoms with Crippen molar-refractivity contribution in [1.29, 1.82) is 0 Å². The fourth-order valence-corrected chi connectivity index (χ4v) is 3.83. The molecule has 2 heterocycles. The number of aromatic carboxylic acids is 1. The fourth-order valence-electron chi connectivity index (χ4n) is 3.03. The molecule has 2 N–H and O–H groups in total. The molecule has 0 aliphatic rings. The number of carboxylic acid groups (broad SMARTS) is 1. The molecule has 32 heavy (non-hydrogen) atoms. The number of rotatable bonds is 5. The van der Waals surface area contributed by atoms with Gasteiger partial charge in [-0.3, -0.25) is 9.89 Å². The number of esters is 1. The van der Waals surface area contributed by atoms with Crippen molar-refractivity contribution in [2.75, 3.05) is 0 Å². The van der Waals surface area contributed by atoms with Crippen molar-refractivity contribution in [3.63, 3.8) is 0 Å². The van der Waals surface area contributed by atoms with Gasteiger partial charge in [0.25, 0.3) is 5.56 Å². The topological polar surface area (TPSA) is 101 Å². The number of aromatic nitrogens is 2. The van der Waals surface area contributed by atoms with Crippen molar-refractivity contribution in [2.45, 2.75) is 0 Å². The highest BCUT2D eigenvalue weighted by atomic mass is 35.5. The third kappa shape index (κ3) is 4.27. The molecule has 2 aromatic carbocycles. The predicted molar refractivity (Wildman–Crippen MR) is 122 cm³/mol. The van der Waals surface area contributed by atoms with Gasteiger partial charge in [0, 0.05) is 0 Å². The SMILES string of the molecule is C=c1[nH]n(-c2ccc(Cl)c(C(=O)O)c2)c(=O)c1=Cc1cccc(OC(=O)c2cccs2)c1. The van der Waals surface area contributed by atoms with E-state index in [4.69, 9.17) is 16.3 Å². The van der Waals surface area contributed by atoms with Gasteiger partial charge in [0.1, 0.15) is 10.6 Å². The van der Waals surface area contributed by atoms with E-state index in [1.54, 1.807) is 47.9 Å². The summed E-state index contributed by atoms with van der Waals surface area (Å²) in [6, 6.07) is 14.4. The molecule has 0 bridgehead atoms. The molecular weight excluding hydrogens is 452 g/mol. The first-order valence-corrected chi connectivity index (χ1v) is 10.5. The number of H-pyrrole nitrogens is 1. The molecule has 0 fully saturated rings. The molecule has 0 unspecified atom stereocenters. The summed E-state index contributed by atoms with van der Waals surface area (Å²) in [7, 11) is 0.